The maximum Gasteiger partial charge on any atom is 0.294 e. The molecule has 0 radical (unpaired) electrons. The number of anilines is 1. The standard InChI is InChI=1S/C26H19ClF2N2O5S/c1-35-21-11-16(10-20(27)24(21)36-14-15-2-4-17(28)5-3-15)12-22-25(33)31(26(34)37-22)13-23(32)30-19-8-6-18(29)7-9-19/h2-12H,13-14H2,1H3,(H,30,32)/b22-12-. The van der Waals surface area contributed by atoms with Crippen LogP contribution >= 0.6 is 23.4 Å². The second kappa shape index (κ2) is 11.4. The number of hydrogen-bond donors (Lipinski definition) is 1. The van der Waals surface area contributed by atoms with Crippen molar-refractivity contribution in [3.05, 3.63) is 93.4 Å². The number of halogens is 3. The number of thioether (sulfide) groups is 1. The summed E-state index contributed by atoms with van der Waals surface area (Å²) in [5, 5.41) is 2.10. The van der Waals surface area contributed by atoms with Crippen LogP contribution in [0.5, 0.6) is 11.5 Å². The highest BCUT2D eigenvalue weighted by Gasteiger charge is 2.36. The van der Waals surface area contributed by atoms with Crippen LogP contribution in [0.15, 0.2) is 65.6 Å². The van der Waals surface area contributed by atoms with Gasteiger partial charge in [-0.15, -0.1) is 0 Å². The van der Waals surface area contributed by atoms with E-state index in [1.807, 2.05) is 0 Å². The summed E-state index contributed by atoms with van der Waals surface area (Å²) < 4.78 is 37.3. The Morgan fingerprint density at radius 2 is 1.70 bits per heavy atom. The van der Waals surface area contributed by atoms with Gasteiger partial charge in [0, 0.05) is 5.69 Å². The van der Waals surface area contributed by atoms with Gasteiger partial charge in [0.1, 0.15) is 24.8 Å². The molecule has 0 atom stereocenters. The van der Waals surface area contributed by atoms with E-state index in [-0.39, 0.29) is 28.1 Å². The van der Waals surface area contributed by atoms with E-state index in [1.54, 1.807) is 24.3 Å². The summed E-state index contributed by atoms with van der Waals surface area (Å²) in [6.45, 7) is -0.381. The van der Waals surface area contributed by atoms with Crippen LogP contribution in [0.3, 0.4) is 0 Å². The number of carbonyl (C=O) groups excluding carboxylic acids is 3. The quantitative estimate of drug-likeness (QED) is 0.356. The molecule has 1 heterocycles. The number of benzene rings is 3. The van der Waals surface area contributed by atoms with Crippen LogP contribution in [-0.2, 0) is 16.2 Å². The molecule has 1 aliphatic rings. The van der Waals surface area contributed by atoms with Crippen molar-refractivity contribution in [2.45, 2.75) is 6.61 Å². The van der Waals surface area contributed by atoms with Gasteiger partial charge in [-0.3, -0.25) is 19.3 Å². The van der Waals surface area contributed by atoms with E-state index in [2.05, 4.69) is 5.32 Å². The van der Waals surface area contributed by atoms with Crippen molar-refractivity contribution < 1.29 is 32.6 Å². The first-order valence-electron chi connectivity index (χ1n) is 10.8. The summed E-state index contributed by atoms with van der Waals surface area (Å²) in [6, 6.07) is 14.0. The molecule has 1 N–H and O–H groups in total. The van der Waals surface area contributed by atoms with Crippen molar-refractivity contribution >= 4 is 52.2 Å². The number of imide groups is 1. The minimum atomic E-state index is -0.643. The predicted octanol–water partition coefficient (Wildman–Crippen LogP) is 5.88. The first-order chi connectivity index (χ1) is 17.7. The minimum Gasteiger partial charge on any atom is -0.493 e. The maximum atomic E-state index is 13.1. The number of ether oxygens (including phenoxy) is 2. The molecule has 4 rings (SSSR count). The Kier molecular flexibility index (Phi) is 8.10. The average Bonchev–Trinajstić information content (AvgIpc) is 3.12. The molecular formula is C26H19ClF2N2O5S. The fourth-order valence-electron chi connectivity index (χ4n) is 3.36. The molecule has 3 amide bonds. The summed E-state index contributed by atoms with van der Waals surface area (Å²) >= 11 is 7.08. The molecule has 0 spiro atoms. The van der Waals surface area contributed by atoms with E-state index in [0.717, 1.165) is 10.5 Å². The lowest BCUT2D eigenvalue weighted by Gasteiger charge is -2.14. The van der Waals surface area contributed by atoms with Crippen molar-refractivity contribution in [1.29, 1.82) is 0 Å². The van der Waals surface area contributed by atoms with Gasteiger partial charge in [0.05, 0.1) is 17.0 Å². The molecular weight excluding hydrogens is 526 g/mol. The van der Waals surface area contributed by atoms with Gasteiger partial charge in [-0.05, 0) is 77.5 Å². The SMILES string of the molecule is COc1cc(/C=C2\SC(=O)N(CC(=O)Nc3ccc(F)cc3)C2=O)cc(Cl)c1OCc1ccc(F)cc1. The highest BCUT2D eigenvalue weighted by atomic mass is 35.5. The van der Waals surface area contributed by atoms with Gasteiger partial charge in [-0.2, -0.15) is 0 Å². The molecule has 7 nitrogen and oxygen atoms in total. The molecule has 1 saturated heterocycles. The summed E-state index contributed by atoms with van der Waals surface area (Å²) in [5.74, 6) is -1.52. The molecule has 0 aromatic heterocycles. The van der Waals surface area contributed by atoms with Gasteiger partial charge in [-0.25, -0.2) is 8.78 Å². The van der Waals surface area contributed by atoms with Gasteiger partial charge in [0.2, 0.25) is 5.91 Å². The largest absolute Gasteiger partial charge is 0.493 e. The van der Waals surface area contributed by atoms with Crippen LogP contribution in [0.1, 0.15) is 11.1 Å². The lowest BCUT2D eigenvalue weighted by molar-refractivity contribution is -0.127. The number of hydrogen-bond acceptors (Lipinski definition) is 6. The molecule has 1 fully saturated rings. The van der Waals surface area contributed by atoms with Gasteiger partial charge in [0.15, 0.2) is 11.5 Å². The van der Waals surface area contributed by atoms with Gasteiger partial charge in [-0.1, -0.05) is 23.7 Å². The molecule has 0 aliphatic carbocycles. The molecule has 0 bridgehead atoms. The number of nitrogens with one attached hydrogen (secondary N) is 1. The van der Waals surface area contributed by atoms with Crippen LogP contribution in [0.25, 0.3) is 6.08 Å². The van der Waals surface area contributed by atoms with Crippen LogP contribution in [0.2, 0.25) is 5.02 Å². The molecule has 0 saturated carbocycles. The van der Waals surface area contributed by atoms with E-state index in [9.17, 15) is 23.2 Å². The number of carbonyl (C=O) groups is 3. The summed E-state index contributed by atoms with van der Waals surface area (Å²) in [4.78, 5) is 38.4. The maximum absolute atomic E-state index is 13.1. The van der Waals surface area contributed by atoms with E-state index in [1.165, 1.54) is 49.6 Å². The van der Waals surface area contributed by atoms with Crippen molar-refractivity contribution in [3.8, 4) is 11.5 Å². The zero-order valence-corrected chi connectivity index (χ0v) is 20.9. The topological polar surface area (TPSA) is 84.9 Å². The Labute approximate surface area is 220 Å². The Balaban J connectivity index is 1.46. The lowest BCUT2D eigenvalue weighted by atomic mass is 10.1. The fourth-order valence-corrected chi connectivity index (χ4v) is 4.48. The normalized spacial score (nSPS) is 14.3. The Bertz CT molecular complexity index is 1380. The van der Waals surface area contributed by atoms with Crippen LogP contribution in [0, 0.1) is 11.6 Å². The van der Waals surface area contributed by atoms with E-state index < -0.39 is 29.4 Å². The Morgan fingerprint density at radius 3 is 2.35 bits per heavy atom. The Morgan fingerprint density at radius 1 is 1.05 bits per heavy atom. The van der Waals surface area contributed by atoms with Gasteiger partial charge >= 0.3 is 0 Å². The molecule has 190 valence electrons. The molecule has 11 heteroatoms. The van der Waals surface area contributed by atoms with Crippen molar-refractivity contribution in [3.63, 3.8) is 0 Å². The smallest absolute Gasteiger partial charge is 0.294 e. The van der Waals surface area contributed by atoms with Crippen LogP contribution < -0.4 is 14.8 Å². The number of rotatable bonds is 8. The van der Waals surface area contributed by atoms with Gasteiger partial charge < -0.3 is 14.8 Å². The molecule has 3 aromatic carbocycles. The Hall–Kier alpha value is -3.89. The first kappa shape index (κ1) is 26.2. The molecule has 0 unspecified atom stereocenters. The predicted molar refractivity (Wildman–Crippen MR) is 136 cm³/mol. The van der Waals surface area contributed by atoms with Gasteiger partial charge in [0.25, 0.3) is 11.1 Å². The third kappa shape index (κ3) is 6.46. The monoisotopic (exact) mass is 544 g/mol. The van der Waals surface area contributed by atoms with Crippen molar-refractivity contribution in [1.82, 2.24) is 4.90 Å². The van der Waals surface area contributed by atoms with E-state index >= 15 is 0 Å². The second-order valence-corrected chi connectivity index (χ2v) is 9.17. The zero-order valence-electron chi connectivity index (χ0n) is 19.3. The van der Waals surface area contributed by atoms with E-state index in [4.69, 9.17) is 21.1 Å². The number of methoxy groups -OCH3 is 1. The summed E-state index contributed by atoms with van der Waals surface area (Å²) in [5.41, 5.74) is 1.52. The second-order valence-electron chi connectivity index (χ2n) is 7.77. The summed E-state index contributed by atoms with van der Waals surface area (Å²) in [6.07, 6.45) is 1.46. The van der Waals surface area contributed by atoms with Crippen LogP contribution in [-0.4, -0.2) is 35.6 Å². The van der Waals surface area contributed by atoms with Crippen molar-refractivity contribution in [2.24, 2.45) is 0 Å². The van der Waals surface area contributed by atoms with Crippen LogP contribution in [0.4, 0.5) is 19.3 Å². The minimum absolute atomic E-state index is 0.0951. The first-order valence-corrected chi connectivity index (χ1v) is 12.0. The molecule has 1 aliphatic heterocycles. The van der Waals surface area contributed by atoms with E-state index in [0.29, 0.717) is 28.8 Å². The van der Waals surface area contributed by atoms with Crippen molar-refractivity contribution in [2.75, 3.05) is 19.0 Å². The third-order valence-electron chi connectivity index (χ3n) is 5.15. The number of nitrogens with zero attached hydrogens (tertiary/aromatic N) is 1. The highest BCUT2D eigenvalue weighted by Crippen LogP contribution is 2.39. The zero-order chi connectivity index (χ0) is 26.5. The summed E-state index contributed by atoms with van der Waals surface area (Å²) in [7, 11) is 1.42. The highest BCUT2D eigenvalue weighted by molar-refractivity contribution is 8.18. The molecule has 3 aromatic rings. The fraction of sp³-hybridized carbons (Fsp3) is 0.115. The number of amides is 3. The molecule has 37 heavy (non-hydrogen) atoms. The average molecular weight is 545 g/mol. The lowest BCUT2D eigenvalue weighted by Crippen LogP contribution is -2.36. The third-order valence-corrected chi connectivity index (χ3v) is 6.34.